The average Bonchev–Trinajstić information content (AvgIpc) is 3.01. The average molecular weight is 251 g/mol. The van der Waals surface area contributed by atoms with E-state index < -0.39 is 0 Å². The summed E-state index contributed by atoms with van der Waals surface area (Å²) >= 11 is 0. The van der Waals surface area contributed by atoms with Crippen LogP contribution < -0.4 is 5.32 Å². The number of aromatic nitrogens is 2. The molecule has 102 valence electrons. The number of methoxy groups -OCH3 is 1. The molecule has 0 spiro atoms. The van der Waals surface area contributed by atoms with E-state index in [2.05, 4.69) is 28.0 Å². The fourth-order valence-corrected chi connectivity index (χ4v) is 2.40. The summed E-state index contributed by atoms with van der Waals surface area (Å²) in [6.07, 6.45) is 8.98. The van der Waals surface area contributed by atoms with Gasteiger partial charge in [0.25, 0.3) is 0 Å². The van der Waals surface area contributed by atoms with E-state index in [0.717, 1.165) is 38.5 Å². The van der Waals surface area contributed by atoms with Gasteiger partial charge >= 0.3 is 0 Å². The Bertz CT molecular complexity index is 358. The van der Waals surface area contributed by atoms with Crippen LogP contribution in [0.4, 0.5) is 0 Å². The zero-order valence-corrected chi connectivity index (χ0v) is 11.6. The molecule has 2 rings (SSSR count). The smallest absolute Gasteiger partial charge is 0.122 e. The summed E-state index contributed by atoms with van der Waals surface area (Å²) in [5.41, 5.74) is 0.512. The van der Waals surface area contributed by atoms with Crippen LogP contribution in [0.15, 0.2) is 12.4 Å². The number of ether oxygens (including phenoxy) is 1. The molecule has 0 atom stereocenters. The molecule has 4 nitrogen and oxygen atoms in total. The maximum atomic E-state index is 5.18. The Morgan fingerprint density at radius 1 is 1.50 bits per heavy atom. The summed E-state index contributed by atoms with van der Waals surface area (Å²) in [6, 6.07) is 0. The van der Waals surface area contributed by atoms with Crippen molar-refractivity contribution in [3.8, 4) is 0 Å². The van der Waals surface area contributed by atoms with Crippen LogP contribution in [0.1, 0.15) is 38.4 Å². The van der Waals surface area contributed by atoms with Gasteiger partial charge in [0.05, 0.1) is 6.54 Å². The molecule has 1 aliphatic rings. The van der Waals surface area contributed by atoms with Crippen LogP contribution in [0.2, 0.25) is 0 Å². The molecule has 0 aromatic carbocycles. The number of hydrogen-bond donors (Lipinski definition) is 1. The first-order chi connectivity index (χ1) is 8.79. The number of nitrogens with one attached hydrogen (secondary N) is 1. The molecule has 1 fully saturated rings. The number of rotatable bonds is 9. The van der Waals surface area contributed by atoms with E-state index in [0.29, 0.717) is 5.41 Å². The summed E-state index contributed by atoms with van der Waals surface area (Å²) in [7, 11) is 1.78. The lowest BCUT2D eigenvalue weighted by Crippen LogP contribution is -2.26. The second-order valence-corrected chi connectivity index (χ2v) is 5.38. The maximum Gasteiger partial charge on any atom is 0.122 e. The van der Waals surface area contributed by atoms with E-state index in [9.17, 15) is 0 Å². The third-order valence-electron chi connectivity index (χ3n) is 3.84. The first-order valence-corrected chi connectivity index (χ1v) is 6.99. The van der Waals surface area contributed by atoms with Gasteiger partial charge in [0.2, 0.25) is 0 Å². The Morgan fingerprint density at radius 3 is 3.00 bits per heavy atom. The zero-order valence-electron chi connectivity index (χ0n) is 11.6. The minimum absolute atomic E-state index is 0.512. The quantitative estimate of drug-likeness (QED) is 0.731. The standard InChI is InChI=1S/C14H25N3O/c1-3-8-17-9-7-16-13(17)11-15-12-14(4-5-14)6-10-18-2/h7,9,15H,3-6,8,10-12H2,1-2H3. The number of hydrogen-bond acceptors (Lipinski definition) is 3. The van der Waals surface area contributed by atoms with Gasteiger partial charge in [0.1, 0.15) is 5.82 Å². The molecule has 0 radical (unpaired) electrons. The van der Waals surface area contributed by atoms with Gasteiger partial charge in [-0.1, -0.05) is 6.92 Å². The van der Waals surface area contributed by atoms with Crippen molar-refractivity contribution in [1.29, 1.82) is 0 Å². The van der Waals surface area contributed by atoms with Crippen LogP contribution in [0.5, 0.6) is 0 Å². The van der Waals surface area contributed by atoms with E-state index in [-0.39, 0.29) is 0 Å². The molecule has 1 aliphatic carbocycles. The van der Waals surface area contributed by atoms with Crippen molar-refractivity contribution in [1.82, 2.24) is 14.9 Å². The highest BCUT2D eigenvalue weighted by Crippen LogP contribution is 2.48. The maximum absolute atomic E-state index is 5.18. The van der Waals surface area contributed by atoms with Gasteiger partial charge in [0.15, 0.2) is 0 Å². The van der Waals surface area contributed by atoms with Crippen LogP contribution in [0.25, 0.3) is 0 Å². The lowest BCUT2D eigenvalue weighted by Gasteiger charge is -2.15. The Labute approximate surface area is 110 Å². The van der Waals surface area contributed by atoms with E-state index >= 15 is 0 Å². The number of nitrogens with zero attached hydrogens (tertiary/aromatic N) is 2. The second kappa shape index (κ2) is 6.34. The Hall–Kier alpha value is -0.870. The third-order valence-corrected chi connectivity index (χ3v) is 3.84. The Morgan fingerprint density at radius 2 is 2.33 bits per heavy atom. The second-order valence-electron chi connectivity index (χ2n) is 5.38. The highest BCUT2D eigenvalue weighted by atomic mass is 16.5. The molecule has 0 amide bonds. The molecule has 0 unspecified atom stereocenters. The van der Waals surface area contributed by atoms with Crippen molar-refractivity contribution in [2.24, 2.45) is 5.41 Å². The van der Waals surface area contributed by atoms with Crippen molar-refractivity contribution < 1.29 is 4.74 Å². The van der Waals surface area contributed by atoms with Gasteiger partial charge in [-0.3, -0.25) is 0 Å². The van der Waals surface area contributed by atoms with Crippen LogP contribution in [-0.4, -0.2) is 29.8 Å². The summed E-state index contributed by atoms with van der Waals surface area (Å²) in [5.74, 6) is 1.15. The molecule has 1 aromatic heterocycles. The SMILES string of the molecule is CCCn1ccnc1CNCC1(CCOC)CC1. The third kappa shape index (κ3) is 3.56. The first-order valence-electron chi connectivity index (χ1n) is 6.99. The summed E-state index contributed by atoms with van der Waals surface area (Å²) < 4.78 is 7.41. The predicted octanol–water partition coefficient (Wildman–Crippen LogP) is 2.20. The molecular weight excluding hydrogens is 226 g/mol. The van der Waals surface area contributed by atoms with Gasteiger partial charge in [-0.2, -0.15) is 0 Å². The van der Waals surface area contributed by atoms with Crippen molar-refractivity contribution in [3.05, 3.63) is 18.2 Å². The summed E-state index contributed by atoms with van der Waals surface area (Å²) in [4.78, 5) is 4.41. The van der Waals surface area contributed by atoms with Crippen molar-refractivity contribution >= 4 is 0 Å². The molecule has 0 bridgehead atoms. The van der Waals surface area contributed by atoms with Gasteiger partial charge in [-0.25, -0.2) is 4.98 Å². The summed E-state index contributed by atoms with van der Waals surface area (Å²) in [5, 5.41) is 3.56. The van der Waals surface area contributed by atoms with E-state index in [1.54, 1.807) is 7.11 Å². The molecule has 1 N–H and O–H groups in total. The molecule has 0 saturated heterocycles. The molecular formula is C14H25N3O. The highest BCUT2D eigenvalue weighted by Gasteiger charge is 2.41. The Kier molecular flexibility index (Phi) is 4.78. The first kappa shape index (κ1) is 13.6. The van der Waals surface area contributed by atoms with Crippen molar-refractivity contribution in [3.63, 3.8) is 0 Å². The normalized spacial score (nSPS) is 17.0. The molecule has 4 heteroatoms. The lowest BCUT2D eigenvalue weighted by molar-refractivity contribution is 0.171. The minimum Gasteiger partial charge on any atom is -0.385 e. The van der Waals surface area contributed by atoms with Crippen LogP contribution in [-0.2, 0) is 17.8 Å². The fourth-order valence-electron chi connectivity index (χ4n) is 2.40. The topological polar surface area (TPSA) is 39.1 Å². The van der Waals surface area contributed by atoms with Gasteiger partial charge < -0.3 is 14.6 Å². The summed E-state index contributed by atoms with van der Waals surface area (Å²) in [6.45, 7) is 6.11. The van der Waals surface area contributed by atoms with Crippen LogP contribution in [0.3, 0.4) is 0 Å². The highest BCUT2D eigenvalue weighted by molar-refractivity contribution is 4.97. The van der Waals surface area contributed by atoms with Crippen molar-refractivity contribution in [2.75, 3.05) is 20.3 Å². The monoisotopic (exact) mass is 251 g/mol. The van der Waals surface area contributed by atoms with E-state index in [1.165, 1.54) is 19.3 Å². The van der Waals surface area contributed by atoms with E-state index in [1.807, 2.05) is 6.20 Å². The molecule has 1 saturated carbocycles. The minimum atomic E-state index is 0.512. The molecule has 18 heavy (non-hydrogen) atoms. The van der Waals surface area contributed by atoms with Crippen LogP contribution >= 0.6 is 0 Å². The largest absolute Gasteiger partial charge is 0.385 e. The van der Waals surface area contributed by atoms with Gasteiger partial charge in [-0.05, 0) is 31.1 Å². The Balaban J connectivity index is 1.73. The molecule has 1 heterocycles. The van der Waals surface area contributed by atoms with Gasteiger partial charge in [-0.15, -0.1) is 0 Å². The van der Waals surface area contributed by atoms with Crippen molar-refractivity contribution in [2.45, 2.75) is 45.7 Å². The fraction of sp³-hybridized carbons (Fsp3) is 0.786. The van der Waals surface area contributed by atoms with E-state index in [4.69, 9.17) is 4.74 Å². The van der Waals surface area contributed by atoms with Gasteiger partial charge in [0, 0.05) is 39.2 Å². The van der Waals surface area contributed by atoms with Crippen LogP contribution in [0, 0.1) is 5.41 Å². The molecule has 1 aromatic rings. The number of aryl methyl sites for hydroxylation is 1. The lowest BCUT2D eigenvalue weighted by atomic mass is 10.0. The predicted molar refractivity (Wildman–Crippen MR) is 72.4 cm³/mol. The zero-order chi connectivity index (χ0) is 12.8. The number of imidazole rings is 1. The molecule has 0 aliphatic heterocycles.